The number of nitrogens with zero attached hydrogens (tertiary/aromatic N) is 3. The molecule has 0 radical (unpaired) electrons. The Morgan fingerprint density at radius 2 is 2.00 bits per heavy atom. The van der Waals surface area contributed by atoms with Gasteiger partial charge >= 0.3 is 0 Å². The number of hydrogen-bond donors (Lipinski definition) is 1. The maximum Gasteiger partial charge on any atom is 0.230 e. The Morgan fingerprint density at radius 1 is 1.13 bits per heavy atom. The quantitative estimate of drug-likeness (QED) is 0.586. The number of thiophene rings is 1. The number of anilines is 2. The van der Waals surface area contributed by atoms with Crippen LogP contribution in [0, 0.1) is 5.92 Å². The summed E-state index contributed by atoms with van der Waals surface area (Å²) in [5.41, 5.74) is 3.99. The maximum absolute atomic E-state index is 12.6. The molecule has 5 nitrogen and oxygen atoms in total. The van der Waals surface area contributed by atoms with Gasteiger partial charge in [-0.2, -0.15) is 11.3 Å². The van der Waals surface area contributed by atoms with Gasteiger partial charge < -0.3 is 10.2 Å². The van der Waals surface area contributed by atoms with Crippen LogP contribution in [0.2, 0.25) is 0 Å². The van der Waals surface area contributed by atoms with Gasteiger partial charge in [0.2, 0.25) is 5.91 Å². The fourth-order valence-electron chi connectivity index (χ4n) is 3.91. The molecule has 1 saturated carbocycles. The van der Waals surface area contributed by atoms with Crippen molar-refractivity contribution in [2.75, 3.05) is 42.9 Å². The topological polar surface area (TPSA) is 48.5 Å². The zero-order chi connectivity index (χ0) is 20.3. The van der Waals surface area contributed by atoms with Crippen LogP contribution in [0.1, 0.15) is 18.5 Å². The Kier molecular flexibility index (Phi) is 5.84. The smallest absolute Gasteiger partial charge is 0.230 e. The molecule has 156 valence electrons. The van der Waals surface area contributed by atoms with Crippen molar-refractivity contribution < 1.29 is 4.79 Å². The van der Waals surface area contributed by atoms with Crippen molar-refractivity contribution in [3.8, 4) is 10.6 Å². The molecular formula is C23H26N4OS2. The number of piperazine rings is 1. The summed E-state index contributed by atoms with van der Waals surface area (Å²) in [7, 11) is 0. The summed E-state index contributed by atoms with van der Waals surface area (Å²) in [6.45, 7) is 5.63. The highest BCUT2D eigenvalue weighted by Gasteiger charge is 2.26. The largest absolute Gasteiger partial charge is 0.369 e. The van der Waals surface area contributed by atoms with Gasteiger partial charge in [-0.05, 0) is 48.4 Å². The molecule has 2 fully saturated rings. The highest BCUT2D eigenvalue weighted by atomic mass is 32.1. The lowest BCUT2D eigenvalue weighted by atomic mass is 10.2. The van der Waals surface area contributed by atoms with Gasteiger partial charge in [-0.15, -0.1) is 11.3 Å². The lowest BCUT2D eigenvalue weighted by Crippen LogP contribution is -2.47. The van der Waals surface area contributed by atoms with Crippen LogP contribution in [0.3, 0.4) is 0 Å². The number of carbonyl (C=O) groups excluding carboxylic acids is 1. The molecule has 0 bridgehead atoms. The van der Waals surface area contributed by atoms with Crippen LogP contribution in [0.5, 0.6) is 0 Å². The Balaban J connectivity index is 1.16. The van der Waals surface area contributed by atoms with E-state index >= 15 is 0 Å². The van der Waals surface area contributed by atoms with E-state index in [4.69, 9.17) is 0 Å². The summed E-state index contributed by atoms with van der Waals surface area (Å²) in [5, 5.41) is 10.1. The molecule has 5 rings (SSSR count). The molecule has 7 heteroatoms. The van der Waals surface area contributed by atoms with Crippen molar-refractivity contribution >= 4 is 40.0 Å². The van der Waals surface area contributed by atoms with Crippen LogP contribution in [-0.4, -0.2) is 48.5 Å². The zero-order valence-corrected chi connectivity index (χ0v) is 18.6. The summed E-state index contributed by atoms with van der Waals surface area (Å²) >= 11 is 3.25. The van der Waals surface area contributed by atoms with Crippen molar-refractivity contribution in [1.29, 1.82) is 0 Å². The van der Waals surface area contributed by atoms with Crippen LogP contribution in [0.15, 0.2) is 46.5 Å². The Morgan fingerprint density at radius 3 is 2.77 bits per heavy atom. The Bertz CT molecular complexity index is 988. The van der Waals surface area contributed by atoms with Crippen molar-refractivity contribution in [1.82, 2.24) is 9.88 Å². The van der Waals surface area contributed by atoms with Crippen molar-refractivity contribution in [2.24, 2.45) is 5.92 Å². The van der Waals surface area contributed by atoms with Gasteiger partial charge in [-0.1, -0.05) is 6.07 Å². The molecule has 0 atom stereocenters. The molecule has 2 aliphatic rings. The molecule has 30 heavy (non-hydrogen) atoms. The van der Waals surface area contributed by atoms with Gasteiger partial charge in [0.1, 0.15) is 5.01 Å². The van der Waals surface area contributed by atoms with E-state index in [1.54, 1.807) is 22.7 Å². The first-order valence-corrected chi connectivity index (χ1v) is 12.4. The fraction of sp³-hybridized carbons (Fsp3) is 0.391. The van der Waals surface area contributed by atoms with Crippen LogP contribution in [0.25, 0.3) is 10.6 Å². The van der Waals surface area contributed by atoms with Crippen LogP contribution >= 0.6 is 22.7 Å². The number of thiazole rings is 1. The molecule has 3 heterocycles. The van der Waals surface area contributed by atoms with Gasteiger partial charge in [0.05, 0.1) is 12.1 Å². The minimum Gasteiger partial charge on any atom is -0.369 e. The van der Waals surface area contributed by atoms with Gasteiger partial charge in [-0.3, -0.25) is 9.69 Å². The second kappa shape index (κ2) is 8.88. The van der Waals surface area contributed by atoms with Gasteiger partial charge in [0.15, 0.2) is 0 Å². The van der Waals surface area contributed by atoms with E-state index in [1.165, 1.54) is 25.1 Å². The molecule has 1 N–H and O–H groups in total. The molecule has 1 saturated heterocycles. The molecule has 1 aromatic carbocycles. The minimum atomic E-state index is -0.0245. The third-order valence-corrected chi connectivity index (χ3v) is 7.37. The number of benzene rings is 1. The first-order chi connectivity index (χ1) is 14.7. The minimum absolute atomic E-state index is 0.0245. The van der Waals surface area contributed by atoms with Crippen LogP contribution < -0.4 is 10.2 Å². The summed E-state index contributed by atoms with van der Waals surface area (Å²) < 4.78 is 0. The highest BCUT2D eigenvalue weighted by molar-refractivity contribution is 7.14. The summed E-state index contributed by atoms with van der Waals surface area (Å²) in [4.78, 5) is 22.2. The summed E-state index contributed by atoms with van der Waals surface area (Å²) in [6, 6.07) is 10.3. The monoisotopic (exact) mass is 438 g/mol. The van der Waals surface area contributed by atoms with Crippen LogP contribution in [0.4, 0.5) is 11.4 Å². The molecule has 2 aromatic heterocycles. The lowest BCUT2D eigenvalue weighted by molar-refractivity contribution is -0.115. The van der Waals surface area contributed by atoms with E-state index < -0.39 is 0 Å². The number of amides is 1. The van der Waals surface area contributed by atoms with Gasteiger partial charge in [-0.25, -0.2) is 4.98 Å². The molecule has 1 aliphatic heterocycles. The van der Waals surface area contributed by atoms with E-state index in [-0.39, 0.29) is 5.91 Å². The standard InChI is InChI=1S/C23H26N4OS2/c28-22(13-20-16-30-23(25-20)18-6-11-29-15-18)24-19-2-1-3-21(12-19)27-9-7-26(8-10-27)14-17-4-5-17/h1-3,6,11-12,15-17H,4-5,7-10,13-14H2,(H,24,28). The number of nitrogens with one attached hydrogen (secondary N) is 1. The second-order valence-corrected chi connectivity index (χ2v) is 9.80. The zero-order valence-electron chi connectivity index (χ0n) is 16.9. The highest BCUT2D eigenvalue weighted by Crippen LogP contribution is 2.30. The molecule has 0 unspecified atom stereocenters. The summed E-state index contributed by atoms with van der Waals surface area (Å²) in [5.74, 6) is 0.928. The average molecular weight is 439 g/mol. The number of rotatable bonds is 7. The van der Waals surface area contributed by atoms with Gasteiger partial charge in [0.25, 0.3) is 0 Å². The van der Waals surface area contributed by atoms with Crippen molar-refractivity contribution in [3.05, 3.63) is 52.2 Å². The summed E-state index contributed by atoms with van der Waals surface area (Å²) in [6.07, 6.45) is 3.13. The van der Waals surface area contributed by atoms with E-state index in [0.29, 0.717) is 6.42 Å². The first-order valence-electron chi connectivity index (χ1n) is 10.6. The lowest BCUT2D eigenvalue weighted by Gasteiger charge is -2.36. The first kappa shape index (κ1) is 19.7. The SMILES string of the molecule is O=C(Cc1csc(-c2ccsc2)n1)Nc1cccc(N2CCN(CC3CC3)CC2)c1. The van der Waals surface area contributed by atoms with E-state index in [0.717, 1.165) is 54.0 Å². The van der Waals surface area contributed by atoms with E-state index in [1.807, 2.05) is 22.9 Å². The van der Waals surface area contributed by atoms with E-state index in [2.05, 4.69) is 43.7 Å². The molecule has 0 spiro atoms. The van der Waals surface area contributed by atoms with E-state index in [9.17, 15) is 4.79 Å². The normalized spacial score (nSPS) is 17.3. The van der Waals surface area contributed by atoms with Gasteiger partial charge in [0, 0.05) is 60.4 Å². The third kappa shape index (κ3) is 4.91. The average Bonchev–Trinajstić information content (AvgIpc) is 3.20. The number of carbonyl (C=O) groups is 1. The molecule has 1 amide bonds. The molecule has 3 aromatic rings. The molecule has 1 aliphatic carbocycles. The van der Waals surface area contributed by atoms with Crippen molar-refractivity contribution in [2.45, 2.75) is 19.3 Å². The number of hydrogen-bond acceptors (Lipinski definition) is 6. The fourth-order valence-corrected chi connectivity index (χ4v) is 5.44. The molecular weight excluding hydrogens is 412 g/mol. The van der Waals surface area contributed by atoms with Crippen molar-refractivity contribution in [3.63, 3.8) is 0 Å². The Hall–Kier alpha value is -2.22. The maximum atomic E-state index is 12.6. The number of aromatic nitrogens is 1. The van der Waals surface area contributed by atoms with Crippen LogP contribution in [-0.2, 0) is 11.2 Å². The predicted molar refractivity (Wildman–Crippen MR) is 126 cm³/mol. The second-order valence-electron chi connectivity index (χ2n) is 8.16. The Labute approximate surface area is 185 Å². The predicted octanol–water partition coefficient (Wildman–Crippen LogP) is 4.58. The third-order valence-electron chi connectivity index (χ3n) is 5.74.